The normalized spacial score (nSPS) is 40.9. The second kappa shape index (κ2) is 3.82. The third-order valence-corrected chi connectivity index (χ3v) is 6.82. The molecule has 2 nitrogen and oxygen atoms in total. The molecule has 0 atom stereocenters. The molecule has 5 rings (SSSR count). The molecule has 1 aromatic heterocycles. The third kappa shape index (κ3) is 1.89. The minimum Gasteiger partial charge on any atom is -0.320 e. The Bertz CT molecular complexity index is 462. The minimum absolute atomic E-state index is 0.286. The van der Waals surface area contributed by atoms with Crippen LogP contribution in [0, 0.1) is 17.8 Å². The van der Waals surface area contributed by atoms with Crippen LogP contribution in [0.5, 0.6) is 0 Å². The van der Waals surface area contributed by atoms with E-state index in [9.17, 15) is 0 Å². The van der Waals surface area contributed by atoms with E-state index in [2.05, 4.69) is 19.2 Å². The molecule has 4 saturated carbocycles. The van der Waals surface area contributed by atoms with E-state index in [0.717, 1.165) is 22.8 Å². The quantitative estimate of drug-likeness (QED) is 0.892. The van der Waals surface area contributed by atoms with Crippen molar-refractivity contribution in [1.29, 1.82) is 0 Å². The summed E-state index contributed by atoms with van der Waals surface area (Å²) in [6, 6.07) is 0. The second-order valence-electron chi connectivity index (χ2n) is 7.96. The number of rotatable bonds is 2. The van der Waals surface area contributed by atoms with Gasteiger partial charge in [-0.25, -0.2) is 4.98 Å². The van der Waals surface area contributed by atoms with E-state index in [0.29, 0.717) is 5.41 Å². The molecule has 0 spiro atoms. The maximum atomic E-state index is 6.21. The Kier molecular flexibility index (Phi) is 2.48. The topological polar surface area (TPSA) is 38.9 Å². The van der Waals surface area contributed by atoms with Gasteiger partial charge in [0.25, 0.3) is 0 Å². The molecule has 0 amide bonds. The first-order chi connectivity index (χ1) is 8.95. The summed E-state index contributed by atoms with van der Waals surface area (Å²) in [5.74, 6) is 2.96. The number of thiazole rings is 1. The van der Waals surface area contributed by atoms with Gasteiger partial charge in [-0.05, 0) is 70.1 Å². The van der Waals surface area contributed by atoms with Crippen LogP contribution in [-0.2, 0) is 11.0 Å². The smallest absolute Gasteiger partial charge is 0.112 e. The summed E-state index contributed by atoms with van der Waals surface area (Å²) in [7, 11) is 0. The predicted octanol–water partition coefficient (Wildman–Crippen LogP) is 3.80. The molecule has 19 heavy (non-hydrogen) atoms. The Morgan fingerprint density at radius 3 is 2.11 bits per heavy atom. The Hall–Kier alpha value is -0.410. The van der Waals surface area contributed by atoms with Crippen molar-refractivity contribution in [3.63, 3.8) is 0 Å². The predicted molar refractivity (Wildman–Crippen MR) is 79.2 cm³/mol. The number of hydrogen-bond donors (Lipinski definition) is 1. The lowest BCUT2D eigenvalue weighted by Gasteiger charge is -2.56. The molecule has 0 unspecified atom stereocenters. The van der Waals surface area contributed by atoms with Crippen molar-refractivity contribution in [1.82, 2.24) is 4.98 Å². The molecule has 104 valence electrons. The first-order valence-electron chi connectivity index (χ1n) is 7.70. The van der Waals surface area contributed by atoms with Gasteiger partial charge in [0.15, 0.2) is 0 Å². The van der Waals surface area contributed by atoms with Gasteiger partial charge in [-0.2, -0.15) is 0 Å². The summed E-state index contributed by atoms with van der Waals surface area (Å²) in [6.07, 6.45) is 8.68. The molecule has 0 radical (unpaired) electrons. The molecule has 4 bridgehead atoms. The van der Waals surface area contributed by atoms with Gasteiger partial charge in [0, 0.05) is 10.8 Å². The third-order valence-electron chi connectivity index (χ3n) is 5.64. The maximum absolute atomic E-state index is 6.21. The van der Waals surface area contributed by atoms with Crippen LogP contribution in [0.4, 0.5) is 0 Å². The summed E-state index contributed by atoms with van der Waals surface area (Å²) >= 11 is 1.77. The standard InChI is InChI=1S/C16H24N2S/c1-15(2,17)14-18-13(9-19-14)16-6-10-3-11(7-16)5-12(4-10)8-16/h9-12H,3-8,17H2,1-2H3. The van der Waals surface area contributed by atoms with Crippen LogP contribution in [0.15, 0.2) is 5.38 Å². The van der Waals surface area contributed by atoms with Gasteiger partial charge in [-0.1, -0.05) is 0 Å². The van der Waals surface area contributed by atoms with Gasteiger partial charge in [0.05, 0.1) is 11.2 Å². The molecule has 0 aromatic carbocycles. The minimum atomic E-state index is -0.286. The summed E-state index contributed by atoms with van der Waals surface area (Å²) < 4.78 is 0. The fourth-order valence-corrected chi connectivity index (χ4v) is 6.22. The zero-order valence-corrected chi connectivity index (χ0v) is 12.8. The average Bonchev–Trinajstić information content (AvgIpc) is 2.75. The van der Waals surface area contributed by atoms with Crippen LogP contribution >= 0.6 is 11.3 Å². The molecule has 1 heterocycles. The van der Waals surface area contributed by atoms with E-state index in [1.165, 1.54) is 44.2 Å². The molecule has 0 saturated heterocycles. The highest BCUT2D eigenvalue weighted by atomic mass is 32.1. The van der Waals surface area contributed by atoms with E-state index in [4.69, 9.17) is 10.7 Å². The molecular weight excluding hydrogens is 252 g/mol. The largest absolute Gasteiger partial charge is 0.320 e. The Morgan fingerprint density at radius 2 is 1.68 bits per heavy atom. The molecule has 1 aromatic rings. The number of nitrogens with two attached hydrogens (primary N) is 1. The van der Waals surface area contributed by atoms with E-state index in [-0.39, 0.29) is 5.54 Å². The van der Waals surface area contributed by atoms with Gasteiger partial charge >= 0.3 is 0 Å². The molecule has 4 aliphatic carbocycles. The van der Waals surface area contributed by atoms with Crippen molar-refractivity contribution in [2.24, 2.45) is 23.5 Å². The molecule has 3 heteroatoms. The lowest BCUT2D eigenvalue weighted by atomic mass is 9.49. The van der Waals surface area contributed by atoms with Crippen LogP contribution in [0.2, 0.25) is 0 Å². The van der Waals surface area contributed by atoms with Gasteiger partial charge in [0.2, 0.25) is 0 Å². The van der Waals surface area contributed by atoms with Gasteiger partial charge < -0.3 is 5.73 Å². The molecule has 4 aliphatic rings. The number of hydrogen-bond acceptors (Lipinski definition) is 3. The zero-order chi connectivity index (χ0) is 13.3. The first-order valence-corrected chi connectivity index (χ1v) is 8.58. The highest BCUT2D eigenvalue weighted by molar-refractivity contribution is 7.09. The first kappa shape index (κ1) is 12.3. The van der Waals surface area contributed by atoms with Crippen molar-refractivity contribution < 1.29 is 0 Å². The zero-order valence-electron chi connectivity index (χ0n) is 12.0. The Balaban J connectivity index is 1.70. The number of aromatic nitrogens is 1. The fraction of sp³-hybridized carbons (Fsp3) is 0.812. The van der Waals surface area contributed by atoms with Crippen LogP contribution in [-0.4, -0.2) is 4.98 Å². The summed E-state index contributed by atoms with van der Waals surface area (Å²) in [4.78, 5) is 4.97. The lowest BCUT2D eigenvalue weighted by Crippen LogP contribution is -2.48. The average molecular weight is 276 g/mol. The molecule has 4 fully saturated rings. The molecular formula is C16H24N2S. The van der Waals surface area contributed by atoms with Crippen molar-refractivity contribution in [3.05, 3.63) is 16.1 Å². The van der Waals surface area contributed by atoms with Crippen LogP contribution in [0.3, 0.4) is 0 Å². The maximum Gasteiger partial charge on any atom is 0.112 e. The van der Waals surface area contributed by atoms with Crippen molar-refractivity contribution in [2.75, 3.05) is 0 Å². The number of nitrogens with zero attached hydrogens (tertiary/aromatic N) is 1. The highest BCUT2D eigenvalue weighted by Crippen LogP contribution is 2.60. The highest BCUT2D eigenvalue weighted by Gasteiger charge is 2.52. The summed E-state index contributed by atoms with van der Waals surface area (Å²) in [5, 5.41) is 3.43. The van der Waals surface area contributed by atoms with Crippen LogP contribution in [0.25, 0.3) is 0 Å². The second-order valence-corrected chi connectivity index (χ2v) is 8.82. The van der Waals surface area contributed by atoms with Crippen molar-refractivity contribution >= 4 is 11.3 Å². The van der Waals surface area contributed by atoms with E-state index >= 15 is 0 Å². The van der Waals surface area contributed by atoms with Gasteiger partial charge in [0.1, 0.15) is 5.01 Å². The molecule has 0 aliphatic heterocycles. The SMILES string of the molecule is CC(C)(N)c1nc(C23CC4CC(CC(C4)C2)C3)cs1. The Morgan fingerprint density at radius 1 is 1.16 bits per heavy atom. The van der Waals surface area contributed by atoms with Crippen molar-refractivity contribution in [3.8, 4) is 0 Å². The van der Waals surface area contributed by atoms with Gasteiger partial charge in [-0.3, -0.25) is 0 Å². The van der Waals surface area contributed by atoms with Crippen molar-refractivity contribution in [2.45, 2.75) is 63.3 Å². The van der Waals surface area contributed by atoms with E-state index < -0.39 is 0 Å². The Labute approximate surface area is 119 Å². The summed E-state index contributed by atoms with van der Waals surface area (Å²) in [6.45, 7) is 4.13. The monoisotopic (exact) mass is 276 g/mol. The van der Waals surface area contributed by atoms with Crippen LogP contribution in [0.1, 0.15) is 63.1 Å². The van der Waals surface area contributed by atoms with E-state index in [1.54, 1.807) is 11.3 Å². The lowest BCUT2D eigenvalue weighted by molar-refractivity contribution is -0.00702. The van der Waals surface area contributed by atoms with Gasteiger partial charge in [-0.15, -0.1) is 11.3 Å². The fourth-order valence-electron chi connectivity index (χ4n) is 5.24. The van der Waals surface area contributed by atoms with E-state index in [1.807, 2.05) is 0 Å². The summed E-state index contributed by atoms with van der Waals surface area (Å²) in [5.41, 5.74) is 7.73. The molecule has 2 N–H and O–H groups in total. The van der Waals surface area contributed by atoms with Crippen LogP contribution < -0.4 is 5.73 Å².